The Labute approximate surface area is 159 Å². The first-order valence-electron chi connectivity index (χ1n) is 8.35. The third-order valence-corrected chi connectivity index (χ3v) is 5.46. The first-order valence-corrected chi connectivity index (χ1v) is 9.23. The molecule has 0 fully saturated rings. The third-order valence-electron chi connectivity index (χ3n) is 4.44. The number of hydrogen-bond donors (Lipinski definition) is 3. The first-order chi connectivity index (χ1) is 13.1. The molecule has 27 heavy (non-hydrogen) atoms. The maximum atomic E-state index is 12.6. The van der Waals surface area contributed by atoms with Gasteiger partial charge in [-0.15, -0.1) is 11.3 Å². The molecule has 0 bridgehead atoms. The van der Waals surface area contributed by atoms with E-state index in [4.69, 9.17) is 9.15 Å². The third kappa shape index (κ3) is 3.22. The Morgan fingerprint density at radius 1 is 1.30 bits per heavy atom. The van der Waals surface area contributed by atoms with Crippen LogP contribution in [0.3, 0.4) is 0 Å². The summed E-state index contributed by atoms with van der Waals surface area (Å²) in [6, 6.07) is 14.4. The zero-order chi connectivity index (χ0) is 18.9. The van der Waals surface area contributed by atoms with E-state index in [0.29, 0.717) is 22.1 Å². The minimum atomic E-state index is -1.43. The van der Waals surface area contributed by atoms with Crippen molar-refractivity contribution in [2.45, 2.75) is 5.60 Å². The van der Waals surface area contributed by atoms with Crippen molar-refractivity contribution in [3.05, 3.63) is 76.5 Å². The highest BCUT2D eigenvalue weighted by Gasteiger charge is 2.36. The van der Waals surface area contributed by atoms with Gasteiger partial charge in [-0.25, -0.2) is 0 Å². The highest BCUT2D eigenvalue weighted by molar-refractivity contribution is 7.10. The molecule has 0 saturated carbocycles. The van der Waals surface area contributed by atoms with Crippen molar-refractivity contribution in [3.63, 3.8) is 0 Å². The van der Waals surface area contributed by atoms with Crippen molar-refractivity contribution >= 4 is 28.1 Å². The molecule has 0 radical (unpaired) electrons. The van der Waals surface area contributed by atoms with Gasteiger partial charge in [-0.2, -0.15) is 0 Å². The fourth-order valence-corrected chi connectivity index (χ4v) is 3.81. The van der Waals surface area contributed by atoms with E-state index in [9.17, 15) is 9.90 Å². The molecule has 0 spiro atoms. The van der Waals surface area contributed by atoms with Crippen molar-refractivity contribution in [3.8, 4) is 5.75 Å². The standard InChI is InChI=1S/C20H18N2O4S/c1-25-14-7-6-13-10-16(22-15(13)11-14)19(23)21-12-20(24,17-4-2-8-26-17)18-5-3-9-27-18/h2-11,22,24H,12H2,1H3,(H,21,23). The number of H-pyrrole nitrogens is 1. The molecule has 3 N–H and O–H groups in total. The predicted molar refractivity (Wildman–Crippen MR) is 103 cm³/mol. The van der Waals surface area contributed by atoms with Crippen LogP contribution in [-0.4, -0.2) is 29.7 Å². The summed E-state index contributed by atoms with van der Waals surface area (Å²) in [6.45, 7) is -0.0153. The van der Waals surface area contributed by atoms with Gasteiger partial charge in [-0.1, -0.05) is 6.07 Å². The number of nitrogens with one attached hydrogen (secondary N) is 2. The Bertz CT molecular complexity index is 1020. The van der Waals surface area contributed by atoms with Crippen molar-refractivity contribution in [1.82, 2.24) is 10.3 Å². The zero-order valence-electron chi connectivity index (χ0n) is 14.6. The van der Waals surface area contributed by atoms with Gasteiger partial charge in [-0.3, -0.25) is 4.79 Å². The number of furan rings is 1. The number of hydrogen-bond acceptors (Lipinski definition) is 5. The van der Waals surface area contributed by atoms with Crippen LogP contribution < -0.4 is 10.1 Å². The molecular weight excluding hydrogens is 364 g/mol. The normalized spacial score (nSPS) is 13.4. The van der Waals surface area contributed by atoms with E-state index in [1.807, 2.05) is 35.7 Å². The summed E-state index contributed by atoms with van der Waals surface area (Å²) < 4.78 is 10.6. The van der Waals surface area contributed by atoms with Crippen LogP contribution in [0.1, 0.15) is 21.1 Å². The van der Waals surface area contributed by atoms with Gasteiger partial charge in [0.15, 0.2) is 5.60 Å². The average Bonchev–Trinajstić information content (AvgIpc) is 3.45. The van der Waals surface area contributed by atoms with Crippen molar-refractivity contribution in [2.75, 3.05) is 13.7 Å². The molecule has 138 valence electrons. The SMILES string of the molecule is COc1ccc2cc(C(=O)NCC(O)(c3ccco3)c3cccs3)[nH]c2c1. The number of aromatic amines is 1. The molecule has 3 heterocycles. The monoisotopic (exact) mass is 382 g/mol. The quantitative estimate of drug-likeness (QED) is 0.476. The van der Waals surface area contributed by atoms with E-state index in [1.54, 1.807) is 25.3 Å². The summed E-state index contributed by atoms with van der Waals surface area (Å²) in [5, 5.41) is 16.8. The number of amides is 1. The average molecular weight is 382 g/mol. The molecule has 0 aliphatic rings. The number of ether oxygens (including phenoxy) is 1. The van der Waals surface area contributed by atoms with Crippen molar-refractivity contribution in [2.24, 2.45) is 0 Å². The topological polar surface area (TPSA) is 87.5 Å². The lowest BCUT2D eigenvalue weighted by atomic mass is 9.98. The van der Waals surface area contributed by atoms with Gasteiger partial charge >= 0.3 is 0 Å². The number of benzene rings is 1. The Morgan fingerprint density at radius 3 is 2.89 bits per heavy atom. The maximum absolute atomic E-state index is 12.6. The van der Waals surface area contributed by atoms with Crippen LogP contribution in [0.15, 0.2) is 64.6 Å². The molecule has 1 atom stereocenters. The van der Waals surface area contributed by atoms with E-state index < -0.39 is 5.60 Å². The van der Waals surface area contributed by atoms with Crippen LogP contribution in [-0.2, 0) is 5.60 Å². The first kappa shape index (κ1) is 17.4. The number of aliphatic hydroxyl groups is 1. The van der Waals surface area contributed by atoms with Crippen LogP contribution >= 0.6 is 11.3 Å². The second-order valence-corrected chi connectivity index (χ2v) is 7.08. The van der Waals surface area contributed by atoms with Gasteiger partial charge in [0.05, 0.1) is 19.9 Å². The summed E-state index contributed by atoms with van der Waals surface area (Å²) in [7, 11) is 1.60. The fourth-order valence-electron chi connectivity index (χ4n) is 2.98. The van der Waals surface area contributed by atoms with Crippen LogP contribution in [0.4, 0.5) is 0 Å². The van der Waals surface area contributed by atoms with Crippen LogP contribution in [0.2, 0.25) is 0 Å². The number of fused-ring (bicyclic) bond motifs is 1. The summed E-state index contributed by atoms with van der Waals surface area (Å²) in [5.74, 6) is 0.777. The van der Waals surface area contributed by atoms with E-state index in [-0.39, 0.29) is 12.5 Å². The number of aromatic nitrogens is 1. The molecule has 3 aromatic heterocycles. The lowest BCUT2D eigenvalue weighted by Gasteiger charge is -2.25. The summed E-state index contributed by atoms with van der Waals surface area (Å²) in [6.07, 6.45) is 1.50. The summed E-state index contributed by atoms with van der Waals surface area (Å²) in [4.78, 5) is 16.4. The van der Waals surface area contributed by atoms with Gasteiger partial charge in [0.1, 0.15) is 17.2 Å². The Morgan fingerprint density at radius 2 is 2.19 bits per heavy atom. The zero-order valence-corrected chi connectivity index (χ0v) is 15.4. The molecule has 6 nitrogen and oxygen atoms in total. The highest BCUT2D eigenvalue weighted by atomic mass is 32.1. The maximum Gasteiger partial charge on any atom is 0.267 e. The van der Waals surface area contributed by atoms with Gasteiger partial charge in [0, 0.05) is 21.8 Å². The summed E-state index contributed by atoms with van der Waals surface area (Å²) >= 11 is 1.40. The number of rotatable bonds is 6. The Kier molecular flexibility index (Phi) is 4.47. The lowest BCUT2D eigenvalue weighted by Crippen LogP contribution is -2.41. The van der Waals surface area contributed by atoms with E-state index >= 15 is 0 Å². The predicted octanol–water partition coefficient (Wildman–Crippen LogP) is 3.50. The molecule has 1 aromatic carbocycles. The van der Waals surface area contributed by atoms with Gasteiger partial charge in [-0.05, 0) is 41.8 Å². The molecule has 1 unspecified atom stereocenters. The smallest absolute Gasteiger partial charge is 0.267 e. The molecular formula is C20H18N2O4S. The second-order valence-electron chi connectivity index (χ2n) is 6.13. The lowest BCUT2D eigenvalue weighted by molar-refractivity contribution is 0.0553. The van der Waals surface area contributed by atoms with E-state index in [2.05, 4.69) is 10.3 Å². The molecule has 0 aliphatic carbocycles. The molecule has 0 aliphatic heterocycles. The van der Waals surface area contributed by atoms with Crippen LogP contribution in [0.25, 0.3) is 10.9 Å². The molecule has 7 heteroatoms. The van der Waals surface area contributed by atoms with Gasteiger partial charge in [0.2, 0.25) is 0 Å². The van der Waals surface area contributed by atoms with Crippen LogP contribution in [0.5, 0.6) is 5.75 Å². The van der Waals surface area contributed by atoms with E-state index in [1.165, 1.54) is 17.6 Å². The second kappa shape index (κ2) is 6.94. The molecule has 4 aromatic rings. The minimum Gasteiger partial charge on any atom is -0.497 e. The Balaban J connectivity index is 1.57. The number of carbonyl (C=O) groups excluding carboxylic acids is 1. The number of methoxy groups -OCH3 is 1. The van der Waals surface area contributed by atoms with E-state index in [0.717, 1.165) is 10.9 Å². The van der Waals surface area contributed by atoms with Gasteiger partial charge in [0.25, 0.3) is 5.91 Å². The fraction of sp³-hybridized carbons (Fsp3) is 0.150. The number of thiophene rings is 1. The Hall–Kier alpha value is -3.03. The minimum absolute atomic E-state index is 0.0153. The summed E-state index contributed by atoms with van der Waals surface area (Å²) in [5.41, 5.74) is -0.215. The van der Waals surface area contributed by atoms with Crippen molar-refractivity contribution in [1.29, 1.82) is 0 Å². The van der Waals surface area contributed by atoms with Gasteiger partial charge < -0.3 is 24.6 Å². The highest BCUT2D eigenvalue weighted by Crippen LogP contribution is 2.32. The molecule has 4 rings (SSSR count). The largest absolute Gasteiger partial charge is 0.497 e. The molecule has 0 saturated heterocycles. The molecule has 1 amide bonds. The van der Waals surface area contributed by atoms with Crippen LogP contribution in [0, 0.1) is 0 Å². The number of carbonyl (C=O) groups is 1. The van der Waals surface area contributed by atoms with Crippen molar-refractivity contribution < 1.29 is 19.1 Å².